The van der Waals surface area contributed by atoms with Gasteiger partial charge in [-0.2, -0.15) is 0 Å². The van der Waals surface area contributed by atoms with E-state index < -0.39 is 17.4 Å². The second-order valence-electron chi connectivity index (χ2n) is 3.55. The molecule has 0 spiro atoms. The first-order valence-corrected chi connectivity index (χ1v) is 5.17. The van der Waals surface area contributed by atoms with Crippen molar-refractivity contribution in [1.29, 1.82) is 0 Å². The van der Waals surface area contributed by atoms with E-state index in [1.165, 1.54) is 19.1 Å². The Bertz CT molecular complexity index is 447. The number of allylic oxidation sites excluding steroid dienone is 2. The number of hydrogen-bond donors (Lipinski definition) is 0. The van der Waals surface area contributed by atoms with Crippen molar-refractivity contribution < 1.29 is 13.6 Å². The summed E-state index contributed by atoms with van der Waals surface area (Å²) in [6.45, 7) is 4.97. The summed E-state index contributed by atoms with van der Waals surface area (Å²) in [5, 5.41) is 0. The first-order chi connectivity index (χ1) is 7.52. The van der Waals surface area contributed by atoms with Crippen LogP contribution in [0.1, 0.15) is 36.2 Å². The summed E-state index contributed by atoms with van der Waals surface area (Å²) in [7, 11) is 0. The molecule has 0 aliphatic heterocycles. The van der Waals surface area contributed by atoms with Crippen LogP contribution >= 0.6 is 0 Å². The predicted octanol–water partition coefficient (Wildman–Crippen LogP) is 3.81. The molecule has 1 rings (SSSR count). The van der Waals surface area contributed by atoms with Gasteiger partial charge in [0.25, 0.3) is 0 Å². The SMILES string of the molecule is C/C=C(/CC)C(=O)c1ccc(C)c(F)c1F. The minimum Gasteiger partial charge on any atom is -0.289 e. The smallest absolute Gasteiger partial charge is 0.191 e. The molecule has 16 heavy (non-hydrogen) atoms. The molecule has 0 fully saturated rings. The van der Waals surface area contributed by atoms with Gasteiger partial charge in [0.15, 0.2) is 17.4 Å². The molecule has 0 unspecified atom stereocenters. The number of hydrogen-bond acceptors (Lipinski definition) is 1. The van der Waals surface area contributed by atoms with E-state index in [0.717, 1.165) is 0 Å². The summed E-state index contributed by atoms with van der Waals surface area (Å²) in [4.78, 5) is 11.8. The highest BCUT2D eigenvalue weighted by molar-refractivity contribution is 6.08. The molecular weight excluding hydrogens is 210 g/mol. The Labute approximate surface area is 93.8 Å². The van der Waals surface area contributed by atoms with Crippen LogP contribution in [0.2, 0.25) is 0 Å². The lowest BCUT2D eigenvalue weighted by Crippen LogP contribution is -2.07. The molecule has 0 amide bonds. The summed E-state index contributed by atoms with van der Waals surface area (Å²) < 4.78 is 26.8. The number of rotatable bonds is 3. The van der Waals surface area contributed by atoms with Crippen LogP contribution in [0.3, 0.4) is 0 Å². The minimum atomic E-state index is -1.06. The highest BCUT2D eigenvalue weighted by Crippen LogP contribution is 2.19. The first-order valence-electron chi connectivity index (χ1n) is 5.17. The standard InChI is InChI=1S/C13H14F2O/c1-4-9(5-2)13(16)10-7-6-8(3)11(14)12(10)15/h4,6-7H,5H2,1-3H3/b9-4-. The highest BCUT2D eigenvalue weighted by atomic mass is 19.2. The fourth-order valence-corrected chi connectivity index (χ4v) is 1.49. The van der Waals surface area contributed by atoms with Crippen LogP contribution in [0.5, 0.6) is 0 Å². The minimum absolute atomic E-state index is 0.196. The zero-order valence-corrected chi connectivity index (χ0v) is 9.60. The highest BCUT2D eigenvalue weighted by Gasteiger charge is 2.18. The van der Waals surface area contributed by atoms with Crippen LogP contribution in [-0.4, -0.2) is 5.78 Å². The molecule has 1 aromatic carbocycles. The Hall–Kier alpha value is -1.51. The van der Waals surface area contributed by atoms with Gasteiger partial charge in [-0.15, -0.1) is 0 Å². The third kappa shape index (κ3) is 2.18. The van der Waals surface area contributed by atoms with Gasteiger partial charge in [0, 0.05) is 0 Å². The number of benzene rings is 1. The summed E-state index contributed by atoms with van der Waals surface area (Å²) in [6.07, 6.45) is 2.13. The molecule has 0 aromatic heterocycles. The first kappa shape index (κ1) is 12.6. The Morgan fingerprint density at radius 3 is 2.44 bits per heavy atom. The van der Waals surface area contributed by atoms with Gasteiger partial charge in [0.05, 0.1) is 5.56 Å². The van der Waals surface area contributed by atoms with Gasteiger partial charge in [-0.25, -0.2) is 8.78 Å². The van der Waals surface area contributed by atoms with Gasteiger partial charge in [-0.1, -0.05) is 19.1 Å². The zero-order chi connectivity index (χ0) is 12.3. The van der Waals surface area contributed by atoms with Crippen LogP contribution in [0.25, 0.3) is 0 Å². The van der Waals surface area contributed by atoms with E-state index in [-0.39, 0.29) is 11.1 Å². The number of ketones is 1. The third-order valence-electron chi connectivity index (χ3n) is 2.54. The van der Waals surface area contributed by atoms with Crippen LogP contribution in [-0.2, 0) is 0 Å². The monoisotopic (exact) mass is 224 g/mol. The Morgan fingerprint density at radius 2 is 1.94 bits per heavy atom. The molecule has 0 saturated heterocycles. The molecule has 3 heteroatoms. The Morgan fingerprint density at radius 1 is 1.31 bits per heavy atom. The Balaban J connectivity index is 3.25. The number of carbonyl (C=O) groups excluding carboxylic acids is 1. The van der Waals surface area contributed by atoms with Gasteiger partial charge >= 0.3 is 0 Å². The van der Waals surface area contributed by atoms with Gasteiger partial charge in [-0.3, -0.25) is 4.79 Å². The van der Waals surface area contributed by atoms with E-state index in [1.807, 2.05) is 0 Å². The molecule has 1 nitrogen and oxygen atoms in total. The lowest BCUT2D eigenvalue weighted by molar-refractivity contribution is 0.102. The van der Waals surface area contributed by atoms with Gasteiger partial charge < -0.3 is 0 Å². The molecule has 0 aliphatic carbocycles. The largest absolute Gasteiger partial charge is 0.289 e. The average Bonchev–Trinajstić information content (AvgIpc) is 2.27. The van der Waals surface area contributed by atoms with E-state index >= 15 is 0 Å². The molecule has 1 aromatic rings. The molecule has 0 saturated carbocycles. The maximum Gasteiger partial charge on any atom is 0.191 e. The summed E-state index contributed by atoms with van der Waals surface area (Å²) in [5.41, 5.74) is 0.493. The maximum atomic E-state index is 13.5. The van der Waals surface area contributed by atoms with Crippen molar-refractivity contribution in [3.63, 3.8) is 0 Å². The van der Waals surface area contributed by atoms with Crippen molar-refractivity contribution in [1.82, 2.24) is 0 Å². The van der Waals surface area contributed by atoms with Gasteiger partial charge in [0.2, 0.25) is 0 Å². The van der Waals surface area contributed by atoms with Crippen molar-refractivity contribution in [3.8, 4) is 0 Å². The fourth-order valence-electron chi connectivity index (χ4n) is 1.49. The zero-order valence-electron chi connectivity index (χ0n) is 9.60. The molecule has 0 atom stereocenters. The van der Waals surface area contributed by atoms with Gasteiger partial charge in [0.1, 0.15) is 0 Å². The van der Waals surface area contributed by atoms with Crippen LogP contribution < -0.4 is 0 Å². The van der Waals surface area contributed by atoms with Crippen molar-refractivity contribution >= 4 is 5.78 Å². The van der Waals surface area contributed by atoms with Crippen molar-refractivity contribution in [2.24, 2.45) is 0 Å². The van der Waals surface area contributed by atoms with Crippen molar-refractivity contribution in [2.75, 3.05) is 0 Å². The van der Waals surface area contributed by atoms with Crippen LogP contribution in [0.15, 0.2) is 23.8 Å². The lowest BCUT2D eigenvalue weighted by Gasteiger charge is -2.06. The van der Waals surface area contributed by atoms with Crippen molar-refractivity contribution in [2.45, 2.75) is 27.2 Å². The number of carbonyl (C=O) groups is 1. The molecule has 0 heterocycles. The maximum absolute atomic E-state index is 13.5. The second-order valence-corrected chi connectivity index (χ2v) is 3.55. The second kappa shape index (κ2) is 5.01. The van der Waals surface area contributed by atoms with Crippen molar-refractivity contribution in [3.05, 3.63) is 46.5 Å². The normalized spacial score (nSPS) is 11.7. The van der Waals surface area contributed by atoms with Crippen LogP contribution in [0.4, 0.5) is 8.78 Å². The topological polar surface area (TPSA) is 17.1 Å². The number of Topliss-reactive ketones (excluding diaryl/α,β-unsaturated/α-hetero) is 1. The quantitative estimate of drug-likeness (QED) is 0.563. The molecular formula is C13H14F2O. The molecule has 86 valence electrons. The third-order valence-corrected chi connectivity index (χ3v) is 2.54. The summed E-state index contributed by atoms with van der Waals surface area (Å²) in [6, 6.07) is 2.74. The van der Waals surface area contributed by atoms with Gasteiger partial charge in [-0.05, 0) is 37.5 Å². The van der Waals surface area contributed by atoms with E-state index in [2.05, 4.69) is 0 Å². The van der Waals surface area contributed by atoms with E-state index in [1.54, 1.807) is 19.9 Å². The average molecular weight is 224 g/mol. The molecule has 0 radical (unpaired) electrons. The van der Waals surface area contributed by atoms with Crippen LogP contribution in [0, 0.1) is 18.6 Å². The predicted molar refractivity (Wildman–Crippen MR) is 59.5 cm³/mol. The number of aryl methyl sites for hydroxylation is 1. The number of halogens is 2. The fraction of sp³-hybridized carbons (Fsp3) is 0.308. The van der Waals surface area contributed by atoms with E-state index in [0.29, 0.717) is 12.0 Å². The van der Waals surface area contributed by atoms with E-state index in [9.17, 15) is 13.6 Å². The Kier molecular flexibility index (Phi) is 3.93. The van der Waals surface area contributed by atoms with E-state index in [4.69, 9.17) is 0 Å². The lowest BCUT2D eigenvalue weighted by atomic mass is 9.99. The summed E-state index contributed by atoms with van der Waals surface area (Å²) >= 11 is 0. The molecule has 0 bridgehead atoms. The molecule has 0 N–H and O–H groups in total. The summed E-state index contributed by atoms with van der Waals surface area (Å²) in [5.74, 6) is -2.45. The molecule has 0 aliphatic rings.